The van der Waals surface area contributed by atoms with Gasteiger partial charge in [-0.25, -0.2) is 0 Å². The Balaban J connectivity index is 2.09. The van der Waals surface area contributed by atoms with Crippen LogP contribution in [0.4, 0.5) is 0 Å². The minimum atomic E-state index is 0.195. The maximum Gasteiger partial charge on any atom is 0.219 e. The zero-order valence-corrected chi connectivity index (χ0v) is 9.72. The van der Waals surface area contributed by atoms with Crippen LogP contribution in [0.25, 0.3) is 0 Å². The van der Waals surface area contributed by atoms with Crippen LogP contribution in [0.1, 0.15) is 32.6 Å². The Hall–Kier alpha value is -0.220. The van der Waals surface area contributed by atoms with Gasteiger partial charge in [0.05, 0.1) is 0 Å². The minimum Gasteiger partial charge on any atom is -0.356 e. The Bertz CT molecular complexity index is 179. The van der Waals surface area contributed by atoms with Gasteiger partial charge in [-0.15, -0.1) is 0 Å². The molecule has 0 atom stereocenters. The van der Waals surface area contributed by atoms with Gasteiger partial charge in [-0.05, 0) is 25.2 Å². The van der Waals surface area contributed by atoms with E-state index in [4.69, 9.17) is 0 Å². The summed E-state index contributed by atoms with van der Waals surface area (Å²) < 4.78 is 2.05. The van der Waals surface area contributed by atoms with E-state index in [2.05, 4.69) is 18.1 Å². The number of piperidine rings is 1. The van der Waals surface area contributed by atoms with E-state index in [0.717, 1.165) is 38.9 Å². The molecule has 0 aromatic heterocycles. The molecule has 0 spiro atoms. The third-order valence-corrected chi connectivity index (χ3v) is 3.06. The lowest BCUT2D eigenvalue weighted by Crippen LogP contribution is -2.35. The van der Waals surface area contributed by atoms with Gasteiger partial charge in [0, 0.05) is 26.1 Å². The van der Waals surface area contributed by atoms with Crippen LogP contribution in [-0.2, 0) is 4.79 Å². The number of rotatable bonds is 4. The van der Waals surface area contributed by atoms with Gasteiger partial charge in [0.15, 0.2) is 0 Å². The van der Waals surface area contributed by atoms with E-state index in [0.29, 0.717) is 12.3 Å². The number of nitrogens with one attached hydrogen (secondary N) is 1. The highest BCUT2D eigenvalue weighted by Crippen LogP contribution is 2.17. The minimum absolute atomic E-state index is 0.195. The van der Waals surface area contributed by atoms with Gasteiger partial charge in [0.1, 0.15) is 0 Å². The fourth-order valence-electron chi connectivity index (χ4n) is 1.70. The maximum atomic E-state index is 11.2. The molecule has 0 radical (unpaired) electrons. The number of carbonyl (C=O) groups is 1. The van der Waals surface area contributed by atoms with Crippen LogP contribution in [-0.4, -0.2) is 29.8 Å². The van der Waals surface area contributed by atoms with Crippen LogP contribution in [0, 0.1) is 5.92 Å². The molecule has 1 saturated heterocycles. The average molecular weight is 216 g/mol. The standard InChI is InChI=1S/C10H20N2OS/c1-2-3-10(13)11-8-9-4-6-12(14)7-5-9/h9,14H,2-8H2,1H3,(H,11,13). The summed E-state index contributed by atoms with van der Waals surface area (Å²) in [6.45, 7) is 4.95. The highest BCUT2D eigenvalue weighted by Gasteiger charge is 2.17. The molecule has 1 rings (SSSR count). The highest BCUT2D eigenvalue weighted by atomic mass is 32.1. The summed E-state index contributed by atoms with van der Waals surface area (Å²) in [7, 11) is 0. The van der Waals surface area contributed by atoms with Gasteiger partial charge < -0.3 is 5.32 Å². The van der Waals surface area contributed by atoms with E-state index in [1.54, 1.807) is 0 Å². The number of hydrogen-bond donors (Lipinski definition) is 2. The summed E-state index contributed by atoms with van der Waals surface area (Å²) in [5, 5.41) is 2.99. The molecule has 3 nitrogen and oxygen atoms in total. The molecule has 14 heavy (non-hydrogen) atoms. The topological polar surface area (TPSA) is 32.3 Å². The van der Waals surface area contributed by atoms with Crippen molar-refractivity contribution in [2.24, 2.45) is 5.92 Å². The molecule has 1 N–H and O–H groups in total. The molecular weight excluding hydrogens is 196 g/mol. The van der Waals surface area contributed by atoms with E-state index >= 15 is 0 Å². The quantitative estimate of drug-likeness (QED) is 0.697. The molecule has 0 aromatic rings. The average Bonchev–Trinajstić information content (AvgIpc) is 2.17. The summed E-state index contributed by atoms with van der Waals surface area (Å²) in [5.74, 6) is 0.847. The Morgan fingerprint density at radius 2 is 2.14 bits per heavy atom. The first-order valence-electron chi connectivity index (χ1n) is 5.43. The van der Waals surface area contributed by atoms with Crippen LogP contribution in [0.15, 0.2) is 0 Å². The monoisotopic (exact) mass is 216 g/mol. The highest BCUT2D eigenvalue weighted by molar-refractivity contribution is 7.77. The molecule has 1 heterocycles. The van der Waals surface area contributed by atoms with E-state index in [1.807, 2.05) is 11.2 Å². The fraction of sp³-hybridized carbons (Fsp3) is 0.900. The van der Waals surface area contributed by atoms with E-state index < -0.39 is 0 Å². The van der Waals surface area contributed by atoms with E-state index in [9.17, 15) is 4.79 Å². The molecule has 82 valence electrons. The molecule has 1 aliphatic heterocycles. The SMILES string of the molecule is CCCC(=O)NCC1CCN(S)CC1. The van der Waals surface area contributed by atoms with Crippen LogP contribution in [0.5, 0.6) is 0 Å². The van der Waals surface area contributed by atoms with Crippen molar-refractivity contribution >= 4 is 18.7 Å². The normalized spacial score (nSPS) is 19.6. The van der Waals surface area contributed by atoms with Gasteiger partial charge in [0.2, 0.25) is 5.91 Å². The van der Waals surface area contributed by atoms with Crippen LogP contribution < -0.4 is 5.32 Å². The Kier molecular flexibility index (Phi) is 5.33. The third kappa shape index (κ3) is 4.33. The van der Waals surface area contributed by atoms with Crippen LogP contribution in [0.2, 0.25) is 0 Å². The molecule has 1 fully saturated rings. The number of carbonyl (C=O) groups excluding carboxylic acids is 1. The zero-order valence-electron chi connectivity index (χ0n) is 8.83. The predicted molar refractivity (Wildman–Crippen MR) is 61.2 cm³/mol. The number of nitrogens with zero attached hydrogens (tertiary/aromatic N) is 1. The molecule has 1 amide bonds. The van der Waals surface area contributed by atoms with Crippen molar-refractivity contribution in [2.75, 3.05) is 19.6 Å². The molecule has 4 heteroatoms. The van der Waals surface area contributed by atoms with Gasteiger partial charge in [0.25, 0.3) is 0 Å². The van der Waals surface area contributed by atoms with Crippen molar-refractivity contribution in [1.82, 2.24) is 9.62 Å². The second kappa shape index (κ2) is 6.30. The van der Waals surface area contributed by atoms with Crippen LogP contribution in [0.3, 0.4) is 0 Å². The largest absolute Gasteiger partial charge is 0.356 e. The Labute approximate surface area is 91.8 Å². The molecule has 0 unspecified atom stereocenters. The smallest absolute Gasteiger partial charge is 0.219 e. The predicted octanol–water partition coefficient (Wildman–Crippen LogP) is 1.46. The number of thiol groups is 1. The van der Waals surface area contributed by atoms with Crippen molar-refractivity contribution in [2.45, 2.75) is 32.6 Å². The molecule has 1 aliphatic rings. The third-order valence-electron chi connectivity index (χ3n) is 2.66. The Morgan fingerprint density at radius 1 is 1.50 bits per heavy atom. The van der Waals surface area contributed by atoms with Crippen molar-refractivity contribution in [1.29, 1.82) is 0 Å². The van der Waals surface area contributed by atoms with Crippen molar-refractivity contribution in [3.8, 4) is 0 Å². The summed E-state index contributed by atoms with van der Waals surface area (Å²) in [5.41, 5.74) is 0. The van der Waals surface area contributed by atoms with E-state index in [1.165, 1.54) is 0 Å². The molecular formula is C10H20N2OS. The molecule has 0 saturated carbocycles. The fourth-order valence-corrected chi connectivity index (χ4v) is 1.93. The summed E-state index contributed by atoms with van der Waals surface area (Å²) in [6, 6.07) is 0. The first-order valence-corrected chi connectivity index (χ1v) is 5.83. The lowest BCUT2D eigenvalue weighted by atomic mass is 9.98. The van der Waals surface area contributed by atoms with Crippen molar-refractivity contribution in [3.63, 3.8) is 0 Å². The Morgan fingerprint density at radius 3 is 2.71 bits per heavy atom. The van der Waals surface area contributed by atoms with Gasteiger partial charge in [-0.2, -0.15) is 0 Å². The summed E-state index contributed by atoms with van der Waals surface area (Å²) in [6.07, 6.45) is 3.89. The van der Waals surface area contributed by atoms with Crippen LogP contribution >= 0.6 is 12.8 Å². The molecule has 0 aromatic carbocycles. The zero-order chi connectivity index (χ0) is 10.4. The first kappa shape index (κ1) is 11.9. The number of amides is 1. The lowest BCUT2D eigenvalue weighted by Gasteiger charge is -2.27. The first-order chi connectivity index (χ1) is 6.72. The second-order valence-electron chi connectivity index (χ2n) is 3.95. The van der Waals surface area contributed by atoms with Gasteiger partial charge in [-0.3, -0.25) is 9.10 Å². The van der Waals surface area contributed by atoms with E-state index in [-0.39, 0.29) is 5.91 Å². The summed E-state index contributed by atoms with van der Waals surface area (Å²) in [4.78, 5) is 11.2. The second-order valence-corrected chi connectivity index (χ2v) is 4.52. The van der Waals surface area contributed by atoms with Gasteiger partial charge >= 0.3 is 0 Å². The molecule has 0 aliphatic carbocycles. The number of hydrogen-bond acceptors (Lipinski definition) is 3. The van der Waals surface area contributed by atoms with Crippen molar-refractivity contribution < 1.29 is 4.79 Å². The maximum absolute atomic E-state index is 11.2. The van der Waals surface area contributed by atoms with Crippen molar-refractivity contribution in [3.05, 3.63) is 0 Å². The summed E-state index contributed by atoms with van der Waals surface area (Å²) >= 11 is 4.29. The lowest BCUT2D eigenvalue weighted by molar-refractivity contribution is -0.121. The van der Waals surface area contributed by atoms with Gasteiger partial charge in [-0.1, -0.05) is 19.7 Å². The molecule has 0 bridgehead atoms.